The monoisotopic (exact) mass is 169 g/mol. The van der Waals surface area contributed by atoms with Crippen molar-refractivity contribution in [2.75, 3.05) is 6.26 Å². The van der Waals surface area contributed by atoms with E-state index >= 15 is 0 Å². The molecule has 0 saturated carbocycles. The van der Waals surface area contributed by atoms with Gasteiger partial charge in [-0.05, 0) is 0 Å². The molecule has 1 N–H and O–H groups in total. The zero-order valence-electron chi connectivity index (χ0n) is 2.84. The van der Waals surface area contributed by atoms with Crippen LogP contribution in [-0.4, -0.2) is 11.5 Å². The third-order valence-electron chi connectivity index (χ3n) is 0.0745. The molecule has 0 aliphatic heterocycles. The Hall–Kier alpha value is 1.37. The predicted molar refractivity (Wildman–Crippen MR) is 17.2 cm³/mol. The minimum absolute atomic E-state index is 0. The van der Waals surface area contributed by atoms with E-state index in [0.29, 0.717) is 0 Å². The summed E-state index contributed by atoms with van der Waals surface area (Å²) in [6.07, 6.45) is 1.62. The summed E-state index contributed by atoms with van der Waals surface area (Å²) >= 11 is 0.912. The first-order valence-corrected chi connectivity index (χ1v) is 1.91. The molecule has 0 aliphatic rings. The Bertz CT molecular complexity index is 11.6. The van der Waals surface area contributed by atoms with Gasteiger partial charge in [-0.1, -0.05) is 0 Å². The molecule has 0 aromatic heterocycles. The van der Waals surface area contributed by atoms with Crippen LogP contribution in [0, 0.1) is 0 Å². The molecule has 0 unspecified atom stereocenters. The smallest absolute Gasteiger partial charge is 0.0277 e. The van der Waals surface area contributed by atoms with Crippen LogP contribution in [0.25, 0.3) is 0 Å². The summed E-state index contributed by atoms with van der Waals surface area (Å²) in [6.45, 7) is 0. The van der Waals surface area contributed by atoms with Crippen LogP contribution in [0.1, 0.15) is 0 Å². The first-order valence-electron chi connectivity index (χ1n) is 0.757. The van der Waals surface area contributed by atoms with E-state index in [9.17, 15) is 0 Å². The first-order chi connectivity index (χ1) is 1.91. The van der Waals surface area contributed by atoms with Crippen molar-refractivity contribution in [3.05, 3.63) is 0 Å². The van der Waals surface area contributed by atoms with Crippen LogP contribution in [0.15, 0.2) is 0 Å². The van der Waals surface area contributed by atoms with Gasteiger partial charge in [0.25, 0.3) is 0 Å². The molecule has 5 heavy (non-hydrogen) atoms. The Labute approximate surface area is 60.3 Å². The number of hydrogen-bond acceptors (Lipinski definition) is 3. The van der Waals surface area contributed by atoms with Gasteiger partial charge in [0.05, 0.1) is 0 Å². The molecule has 0 aromatic rings. The first kappa shape index (κ1) is 9.62. The summed E-state index contributed by atoms with van der Waals surface area (Å²) in [5.74, 6) is 0. The third kappa shape index (κ3) is 10.9. The minimum atomic E-state index is 0. The van der Waals surface area contributed by atoms with Crippen LogP contribution in [0.3, 0.4) is 0 Å². The number of hydrogen-bond donors (Lipinski definition) is 1. The van der Waals surface area contributed by atoms with E-state index in [1.54, 1.807) is 6.26 Å². The molecule has 0 aromatic carbocycles. The third-order valence-corrected chi connectivity index (χ3v) is 0.224. The van der Waals surface area contributed by atoms with Crippen molar-refractivity contribution in [2.24, 2.45) is 0 Å². The summed E-state index contributed by atoms with van der Waals surface area (Å²) in [7, 11) is 0. The van der Waals surface area contributed by atoms with E-state index < -0.39 is 0 Å². The van der Waals surface area contributed by atoms with Gasteiger partial charge in [-0.25, -0.2) is 5.26 Å². The molecule has 0 spiro atoms. The summed E-state index contributed by atoms with van der Waals surface area (Å²) in [5.41, 5.74) is 0. The van der Waals surface area contributed by atoms with Crippen molar-refractivity contribution in [1.29, 1.82) is 0 Å². The van der Waals surface area contributed by atoms with Crippen LogP contribution >= 0.6 is 12.0 Å². The summed E-state index contributed by atoms with van der Waals surface area (Å²) < 4.78 is 3.46. The van der Waals surface area contributed by atoms with E-state index in [-0.39, 0.29) is 32.7 Å². The minimum Gasteiger partial charge on any atom is -0.239 e. The van der Waals surface area contributed by atoms with Crippen LogP contribution < -0.4 is 0 Å². The molecular formula is CH4O2SY. The molecule has 0 rings (SSSR count). The van der Waals surface area contributed by atoms with Crippen LogP contribution in [0.2, 0.25) is 0 Å². The molecule has 0 saturated heterocycles. The van der Waals surface area contributed by atoms with Gasteiger partial charge in [0, 0.05) is 51.0 Å². The van der Waals surface area contributed by atoms with Gasteiger partial charge in [-0.15, -0.1) is 0 Å². The van der Waals surface area contributed by atoms with Crippen molar-refractivity contribution >= 4 is 12.0 Å². The van der Waals surface area contributed by atoms with Gasteiger partial charge in [0.15, 0.2) is 0 Å². The average molecular weight is 169 g/mol. The van der Waals surface area contributed by atoms with Crippen molar-refractivity contribution in [3.8, 4) is 0 Å². The molecule has 0 fully saturated rings. The molecule has 4 heteroatoms. The molecule has 1 radical (unpaired) electrons. The molecule has 0 heterocycles. The van der Waals surface area contributed by atoms with Crippen molar-refractivity contribution in [1.82, 2.24) is 0 Å². The predicted octanol–water partition coefficient (Wildman–Crippen LogP) is 0.751. The molecule has 0 atom stereocenters. The Morgan fingerprint density at radius 2 is 2.00 bits per heavy atom. The van der Waals surface area contributed by atoms with E-state index in [1.165, 1.54) is 0 Å². The Morgan fingerprint density at radius 3 is 2.00 bits per heavy atom. The quantitative estimate of drug-likeness (QED) is 0.356. The fraction of sp³-hybridized carbons (Fsp3) is 1.00. The standard InChI is InChI=1S/CH4O2S.Y/c1-4-3-2;/h2H,1H3;. The van der Waals surface area contributed by atoms with Crippen LogP contribution in [0.5, 0.6) is 0 Å². The fourth-order valence-electron chi connectivity index (χ4n) is 0. The SMILES string of the molecule is CSOO.[Y]. The molecule has 29 valence electrons. The zero-order valence-corrected chi connectivity index (χ0v) is 6.50. The topological polar surface area (TPSA) is 29.5 Å². The van der Waals surface area contributed by atoms with Gasteiger partial charge in [0.2, 0.25) is 0 Å². The van der Waals surface area contributed by atoms with Crippen molar-refractivity contribution in [2.45, 2.75) is 0 Å². The maximum atomic E-state index is 7.34. The van der Waals surface area contributed by atoms with E-state index in [1.807, 2.05) is 0 Å². The summed E-state index contributed by atoms with van der Waals surface area (Å²) in [4.78, 5) is 0. The van der Waals surface area contributed by atoms with Crippen molar-refractivity contribution < 1.29 is 42.3 Å². The van der Waals surface area contributed by atoms with Gasteiger partial charge < -0.3 is 0 Å². The second-order valence-electron chi connectivity index (χ2n) is 0.241. The van der Waals surface area contributed by atoms with E-state index in [0.717, 1.165) is 12.0 Å². The second-order valence-corrected chi connectivity index (χ2v) is 0.724. The van der Waals surface area contributed by atoms with E-state index in [2.05, 4.69) is 4.33 Å². The van der Waals surface area contributed by atoms with Gasteiger partial charge in [-0.3, -0.25) is 0 Å². The summed E-state index contributed by atoms with van der Waals surface area (Å²) in [5, 5.41) is 7.34. The second kappa shape index (κ2) is 9.03. The molecule has 0 bridgehead atoms. The van der Waals surface area contributed by atoms with Crippen LogP contribution in [0.4, 0.5) is 0 Å². The normalized spacial score (nSPS) is 6.00. The number of rotatable bonds is 1. The molecule has 0 amide bonds. The van der Waals surface area contributed by atoms with E-state index in [4.69, 9.17) is 5.26 Å². The maximum Gasteiger partial charge on any atom is 0.0277 e. The Balaban J connectivity index is 0. The molecular weight excluding hydrogens is 165 g/mol. The fourth-order valence-corrected chi connectivity index (χ4v) is 0. The average Bonchev–Trinajstić information content (AvgIpc) is 1.37. The van der Waals surface area contributed by atoms with Crippen molar-refractivity contribution in [3.63, 3.8) is 0 Å². The van der Waals surface area contributed by atoms with Gasteiger partial charge in [0.1, 0.15) is 0 Å². The summed E-state index contributed by atoms with van der Waals surface area (Å²) in [6, 6.07) is 0. The Kier molecular flexibility index (Phi) is 17.4. The van der Waals surface area contributed by atoms with Gasteiger partial charge >= 0.3 is 0 Å². The largest absolute Gasteiger partial charge is 0.239 e. The zero-order chi connectivity index (χ0) is 3.41. The maximum absolute atomic E-state index is 7.34. The Morgan fingerprint density at radius 1 is 1.80 bits per heavy atom. The molecule has 2 nitrogen and oxygen atoms in total. The van der Waals surface area contributed by atoms with Crippen LogP contribution in [-0.2, 0) is 37.0 Å². The molecule has 0 aliphatic carbocycles. The van der Waals surface area contributed by atoms with Gasteiger partial charge in [-0.2, -0.15) is 4.33 Å².